The predicted molar refractivity (Wildman–Crippen MR) is 107 cm³/mol. The molecule has 0 N–H and O–H groups in total. The van der Waals surface area contributed by atoms with E-state index in [0.29, 0.717) is 11.6 Å². The Bertz CT molecular complexity index is 1070. The normalized spacial score (nSPS) is 12.5. The number of alkyl halides is 4. The fourth-order valence-corrected chi connectivity index (χ4v) is 3.24. The van der Waals surface area contributed by atoms with Crippen LogP contribution in [0.4, 0.5) is 26.3 Å². The lowest BCUT2D eigenvalue weighted by atomic mass is 9.85. The Kier molecular flexibility index (Phi) is 7.12. The minimum Gasteiger partial charge on any atom is -0.463 e. The van der Waals surface area contributed by atoms with Crippen LogP contribution in [0.2, 0.25) is 0 Å². The van der Waals surface area contributed by atoms with Crippen molar-refractivity contribution >= 4 is 0 Å². The van der Waals surface area contributed by atoms with Crippen LogP contribution in [0.3, 0.4) is 0 Å². The zero-order chi connectivity index (χ0) is 23.3. The molecule has 0 aliphatic rings. The number of hydrogen-bond donors (Lipinski definition) is 0. The van der Waals surface area contributed by atoms with E-state index in [9.17, 15) is 26.3 Å². The van der Waals surface area contributed by atoms with Gasteiger partial charge in [0.25, 0.3) is 0 Å². The van der Waals surface area contributed by atoms with Crippen LogP contribution in [0.15, 0.2) is 79.6 Å². The van der Waals surface area contributed by atoms with E-state index in [4.69, 9.17) is 4.74 Å². The van der Waals surface area contributed by atoms with Crippen LogP contribution in [0.5, 0.6) is 11.5 Å². The maximum atomic E-state index is 14.3. The van der Waals surface area contributed by atoms with E-state index < -0.39 is 35.8 Å². The molecular weight excluding hydrogens is 434 g/mol. The van der Waals surface area contributed by atoms with E-state index in [1.165, 1.54) is 12.1 Å². The fourth-order valence-electron chi connectivity index (χ4n) is 3.24. The third kappa shape index (κ3) is 5.63. The first-order valence-corrected chi connectivity index (χ1v) is 9.46. The summed E-state index contributed by atoms with van der Waals surface area (Å²) in [5.41, 5.74) is 1.46. The molecule has 0 aliphatic heterocycles. The second kappa shape index (κ2) is 9.80. The van der Waals surface area contributed by atoms with Crippen molar-refractivity contribution in [2.24, 2.45) is 0 Å². The zero-order valence-corrected chi connectivity index (χ0v) is 16.6. The van der Waals surface area contributed by atoms with Gasteiger partial charge in [-0.1, -0.05) is 43.0 Å². The molecule has 0 spiro atoms. The van der Waals surface area contributed by atoms with E-state index in [2.05, 4.69) is 11.3 Å². The van der Waals surface area contributed by atoms with Gasteiger partial charge in [-0.15, -0.1) is 0 Å². The molecule has 0 aromatic heterocycles. The summed E-state index contributed by atoms with van der Waals surface area (Å²) >= 11 is 0. The summed E-state index contributed by atoms with van der Waals surface area (Å²) in [5, 5.41) is 0. The lowest BCUT2D eigenvalue weighted by Gasteiger charge is -2.22. The first-order valence-electron chi connectivity index (χ1n) is 9.46. The molecule has 0 bridgehead atoms. The molecule has 1 atom stereocenters. The third-order valence-corrected chi connectivity index (χ3v) is 4.65. The predicted octanol–water partition coefficient (Wildman–Crippen LogP) is 7.10. The molecule has 0 saturated heterocycles. The van der Waals surface area contributed by atoms with E-state index in [1.54, 1.807) is 30.3 Å². The van der Waals surface area contributed by atoms with Gasteiger partial charge in [0.2, 0.25) is 0 Å². The second-order valence-electron chi connectivity index (χ2n) is 6.90. The summed E-state index contributed by atoms with van der Waals surface area (Å²) in [5.74, 6) is -3.17. The Hall–Kier alpha value is -3.42. The van der Waals surface area contributed by atoms with Crippen molar-refractivity contribution in [1.82, 2.24) is 0 Å². The van der Waals surface area contributed by atoms with Gasteiger partial charge in [0, 0.05) is 12.0 Å². The van der Waals surface area contributed by atoms with Crippen LogP contribution < -0.4 is 9.47 Å². The molecule has 3 aromatic carbocycles. The average Bonchev–Trinajstić information content (AvgIpc) is 2.74. The van der Waals surface area contributed by atoms with Crippen LogP contribution >= 0.6 is 0 Å². The third-order valence-electron chi connectivity index (χ3n) is 4.65. The van der Waals surface area contributed by atoms with Gasteiger partial charge in [0.1, 0.15) is 11.6 Å². The van der Waals surface area contributed by atoms with Gasteiger partial charge in [0.05, 0.1) is 6.26 Å². The monoisotopic (exact) mass is 452 g/mol. The Morgan fingerprint density at radius 3 is 2.28 bits per heavy atom. The van der Waals surface area contributed by atoms with Gasteiger partial charge in [-0.3, -0.25) is 0 Å². The highest BCUT2D eigenvalue weighted by atomic mass is 19.3. The quantitative estimate of drug-likeness (QED) is 0.255. The maximum absolute atomic E-state index is 14.3. The first-order chi connectivity index (χ1) is 15.2. The second-order valence-corrected chi connectivity index (χ2v) is 6.90. The standard InChI is InChI=1S/C24H18F6O2/c1-2-31-22-13-16(8-9-21(22)26)20(10-15-6-4-3-5-7-15)17-11-18(25)14-19(12-17)32-24(29,30)23(27)28/h2-9,11-14,20,23H,1,10H2/t20-/m0/s1. The van der Waals surface area contributed by atoms with E-state index >= 15 is 0 Å². The molecule has 8 heteroatoms. The summed E-state index contributed by atoms with van der Waals surface area (Å²) in [6.45, 7) is 3.38. The Morgan fingerprint density at radius 1 is 0.906 bits per heavy atom. The minimum atomic E-state index is -4.79. The topological polar surface area (TPSA) is 18.5 Å². The molecule has 0 saturated carbocycles. The molecule has 0 fully saturated rings. The van der Waals surface area contributed by atoms with Crippen LogP contribution in [0.1, 0.15) is 22.6 Å². The number of halogens is 6. The molecule has 0 unspecified atom stereocenters. The highest BCUT2D eigenvalue weighted by Crippen LogP contribution is 2.36. The number of benzene rings is 3. The highest BCUT2D eigenvalue weighted by Gasteiger charge is 2.44. The molecule has 0 aliphatic carbocycles. The molecule has 0 amide bonds. The highest BCUT2D eigenvalue weighted by molar-refractivity contribution is 5.42. The molecule has 2 nitrogen and oxygen atoms in total. The summed E-state index contributed by atoms with van der Waals surface area (Å²) in [7, 11) is 0. The van der Waals surface area contributed by atoms with Crippen molar-refractivity contribution in [2.75, 3.05) is 0 Å². The van der Waals surface area contributed by atoms with Gasteiger partial charge < -0.3 is 9.47 Å². The van der Waals surface area contributed by atoms with Crippen molar-refractivity contribution in [3.63, 3.8) is 0 Å². The number of rotatable bonds is 9. The van der Waals surface area contributed by atoms with Crippen LogP contribution in [-0.2, 0) is 6.42 Å². The number of hydrogen-bond acceptors (Lipinski definition) is 2. The van der Waals surface area contributed by atoms with Crippen molar-refractivity contribution < 1.29 is 35.8 Å². The molecular formula is C24H18F6O2. The van der Waals surface area contributed by atoms with Crippen molar-refractivity contribution in [3.8, 4) is 11.5 Å². The summed E-state index contributed by atoms with van der Waals surface area (Å²) in [4.78, 5) is 0. The molecule has 3 aromatic rings. The zero-order valence-electron chi connectivity index (χ0n) is 16.6. The SMILES string of the molecule is C=COc1cc([C@H](Cc2ccccc2)c2cc(F)cc(OC(F)(F)C(F)F)c2)ccc1F. The van der Waals surface area contributed by atoms with Crippen molar-refractivity contribution in [3.05, 3.63) is 108 Å². The maximum Gasteiger partial charge on any atom is 0.461 e. The lowest BCUT2D eigenvalue weighted by Crippen LogP contribution is -2.33. The van der Waals surface area contributed by atoms with E-state index in [1.807, 2.05) is 0 Å². The van der Waals surface area contributed by atoms with Crippen LogP contribution in [0, 0.1) is 11.6 Å². The van der Waals surface area contributed by atoms with Gasteiger partial charge >= 0.3 is 12.5 Å². The van der Waals surface area contributed by atoms with E-state index in [-0.39, 0.29) is 17.7 Å². The smallest absolute Gasteiger partial charge is 0.461 e. The molecule has 0 radical (unpaired) electrons. The van der Waals surface area contributed by atoms with Gasteiger partial charge in [-0.2, -0.15) is 17.6 Å². The Balaban J connectivity index is 2.08. The van der Waals surface area contributed by atoms with Gasteiger partial charge in [-0.05, 0) is 47.4 Å². The summed E-state index contributed by atoms with van der Waals surface area (Å²) < 4.78 is 89.3. The van der Waals surface area contributed by atoms with Gasteiger partial charge in [0.15, 0.2) is 11.6 Å². The summed E-state index contributed by atoms with van der Waals surface area (Å²) in [6.07, 6.45) is -7.57. The largest absolute Gasteiger partial charge is 0.463 e. The number of ether oxygens (including phenoxy) is 2. The molecule has 3 rings (SSSR count). The molecule has 32 heavy (non-hydrogen) atoms. The lowest BCUT2D eigenvalue weighted by molar-refractivity contribution is -0.253. The Labute approximate surface area is 180 Å². The fraction of sp³-hybridized carbons (Fsp3) is 0.167. The molecule has 168 valence electrons. The Morgan fingerprint density at radius 2 is 1.62 bits per heavy atom. The average molecular weight is 452 g/mol. The van der Waals surface area contributed by atoms with Gasteiger partial charge in [-0.25, -0.2) is 8.78 Å². The van der Waals surface area contributed by atoms with Crippen molar-refractivity contribution in [2.45, 2.75) is 24.9 Å². The minimum absolute atomic E-state index is 0.132. The van der Waals surface area contributed by atoms with Crippen LogP contribution in [-0.4, -0.2) is 12.5 Å². The molecule has 0 heterocycles. The van der Waals surface area contributed by atoms with E-state index in [0.717, 1.165) is 30.0 Å². The summed E-state index contributed by atoms with van der Waals surface area (Å²) in [6, 6.07) is 15.7. The first kappa shape index (κ1) is 23.2. The van der Waals surface area contributed by atoms with Crippen molar-refractivity contribution in [1.29, 1.82) is 0 Å². The van der Waals surface area contributed by atoms with Crippen LogP contribution in [0.25, 0.3) is 0 Å².